The van der Waals surface area contributed by atoms with E-state index in [4.69, 9.17) is 10.5 Å². The van der Waals surface area contributed by atoms with Gasteiger partial charge in [0.1, 0.15) is 0 Å². The molecule has 2 aromatic rings. The molecule has 0 saturated heterocycles. The Hall–Kier alpha value is -2.31. The Morgan fingerprint density at radius 2 is 1.32 bits per heavy atom. The largest absolute Gasteiger partial charge is 0.289 e. The van der Waals surface area contributed by atoms with Crippen LogP contribution in [0.2, 0.25) is 0 Å². The SMILES string of the molecule is Cc1ccc(C#N)cc1.Cc1ccc(N(C)O)cc1. The minimum absolute atomic E-state index is 0.723. The zero-order valence-corrected chi connectivity index (χ0v) is 11.5. The summed E-state index contributed by atoms with van der Waals surface area (Å²) in [5.74, 6) is 0. The third kappa shape index (κ3) is 5.24. The molecule has 1 N–H and O–H groups in total. The minimum atomic E-state index is 0.723. The van der Waals surface area contributed by atoms with E-state index in [-0.39, 0.29) is 0 Å². The van der Waals surface area contributed by atoms with E-state index in [1.54, 1.807) is 7.05 Å². The van der Waals surface area contributed by atoms with Crippen molar-refractivity contribution in [3.63, 3.8) is 0 Å². The van der Waals surface area contributed by atoms with Crippen LogP contribution in [0.3, 0.4) is 0 Å². The van der Waals surface area contributed by atoms with Gasteiger partial charge in [0.05, 0.1) is 17.3 Å². The zero-order valence-electron chi connectivity index (χ0n) is 11.5. The molecular formula is C16H18N2O. The summed E-state index contributed by atoms with van der Waals surface area (Å²) in [6.45, 7) is 4.02. The van der Waals surface area contributed by atoms with Gasteiger partial charge in [-0.25, -0.2) is 0 Å². The lowest BCUT2D eigenvalue weighted by Gasteiger charge is -2.09. The van der Waals surface area contributed by atoms with Gasteiger partial charge in [-0.15, -0.1) is 0 Å². The molecular weight excluding hydrogens is 236 g/mol. The fourth-order valence-corrected chi connectivity index (χ4v) is 1.39. The predicted octanol–water partition coefficient (Wildman–Crippen LogP) is 3.69. The lowest BCUT2D eigenvalue weighted by atomic mass is 10.2. The van der Waals surface area contributed by atoms with Gasteiger partial charge in [-0.3, -0.25) is 10.3 Å². The van der Waals surface area contributed by atoms with Gasteiger partial charge < -0.3 is 0 Å². The Morgan fingerprint density at radius 3 is 1.68 bits per heavy atom. The van der Waals surface area contributed by atoms with E-state index in [2.05, 4.69) is 6.07 Å². The number of anilines is 1. The van der Waals surface area contributed by atoms with Crippen molar-refractivity contribution in [2.24, 2.45) is 0 Å². The van der Waals surface area contributed by atoms with Crippen LogP contribution in [0.5, 0.6) is 0 Å². The molecule has 2 rings (SSSR count). The number of aryl methyl sites for hydroxylation is 2. The first-order valence-electron chi connectivity index (χ1n) is 5.99. The maximum atomic E-state index is 8.95. The van der Waals surface area contributed by atoms with E-state index in [0.29, 0.717) is 0 Å². The van der Waals surface area contributed by atoms with E-state index in [0.717, 1.165) is 16.3 Å². The molecule has 0 saturated carbocycles. The Kier molecular flexibility index (Phi) is 5.59. The van der Waals surface area contributed by atoms with Crippen LogP contribution in [0.25, 0.3) is 0 Å². The Balaban J connectivity index is 0.000000191. The first-order valence-corrected chi connectivity index (χ1v) is 5.99. The number of hydroxylamine groups is 1. The summed E-state index contributed by atoms with van der Waals surface area (Å²) in [5, 5.41) is 18.4. The number of nitrogens with zero attached hydrogens (tertiary/aromatic N) is 2. The normalized spacial score (nSPS) is 9.00. The van der Waals surface area contributed by atoms with Crippen molar-refractivity contribution >= 4 is 5.69 Å². The quantitative estimate of drug-likeness (QED) is 0.789. The molecule has 0 heterocycles. The molecule has 0 atom stereocenters. The van der Waals surface area contributed by atoms with Crippen molar-refractivity contribution in [1.82, 2.24) is 0 Å². The third-order valence-electron chi connectivity index (χ3n) is 2.59. The van der Waals surface area contributed by atoms with Crippen LogP contribution in [0.15, 0.2) is 48.5 Å². The molecule has 0 aliphatic rings. The van der Waals surface area contributed by atoms with Crippen LogP contribution in [0, 0.1) is 25.2 Å². The van der Waals surface area contributed by atoms with E-state index in [9.17, 15) is 0 Å². The van der Waals surface area contributed by atoms with Gasteiger partial charge in [0.2, 0.25) is 0 Å². The van der Waals surface area contributed by atoms with Crippen LogP contribution < -0.4 is 5.06 Å². The predicted molar refractivity (Wildman–Crippen MR) is 77.3 cm³/mol. The Labute approximate surface area is 114 Å². The van der Waals surface area contributed by atoms with Crippen LogP contribution >= 0.6 is 0 Å². The molecule has 0 aliphatic carbocycles. The summed E-state index contributed by atoms with van der Waals surface area (Å²) in [6, 6.07) is 17.2. The smallest absolute Gasteiger partial charge is 0.0991 e. The first kappa shape index (κ1) is 14.7. The average molecular weight is 254 g/mol. The van der Waals surface area contributed by atoms with Crippen LogP contribution in [-0.2, 0) is 0 Å². The van der Waals surface area contributed by atoms with Crippen molar-refractivity contribution in [3.05, 3.63) is 65.2 Å². The number of hydrogen-bond donors (Lipinski definition) is 1. The summed E-state index contributed by atoms with van der Waals surface area (Å²) in [4.78, 5) is 0. The van der Waals surface area contributed by atoms with E-state index >= 15 is 0 Å². The van der Waals surface area contributed by atoms with Gasteiger partial charge >= 0.3 is 0 Å². The molecule has 0 fully saturated rings. The number of benzene rings is 2. The first-order chi connectivity index (χ1) is 9.02. The van der Waals surface area contributed by atoms with Crippen molar-refractivity contribution < 1.29 is 5.21 Å². The van der Waals surface area contributed by atoms with Crippen molar-refractivity contribution in [2.75, 3.05) is 12.1 Å². The Morgan fingerprint density at radius 1 is 0.895 bits per heavy atom. The fourth-order valence-electron chi connectivity index (χ4n) is 1.39. The van der Waals surface area contributed by atoms with E-state index < -0.39 is 0 Å². The molecule has 0 bridgehead atoms. The highest BCUT2D eigenvalue weighted by atomic mass is 16.5. The highest BCUT2D eigenvalue weighted by Gasteiger charge is 1.92. The molecule has 98 valence electrons. The second-order valence-corrected chi connectivity index (χ2v) is 4.34. The second kappa shape index (κ2) is 7.20. The molecule has 0 radical (unpaired) electrons. The monoisotopic (exact) mass is 254 g/mol. The summed E-state index contributed by atoms with van der Waals surface area (Å²) in [7, 11) is 1.60. The highest BCUT2D eigenvalue weighted by molar-refractivity contribution is 5.43. The van der Waals surface area contributed by atoms with Gasteiger partial charge in [0.15, 0.2) is 0 Å². The molecule has 3 heteroatoms. The minimum Gasteiger partial charge on any atom is -0.289 e. The lowest BCUT2D eigenvalue weighted by Crippen LogP contribution is -2.09. The number of rotatable bonds is 1. The van der Waals surface area contributed by atoms with Crippen molar-refractivity contribution in [3.8, 4) is 6.07 Å². The van der Waals surface area contributed by atoms with Crippen LogP contribution in [0.1, 0.15) is 16.7 Å². The van der Waals surface area contributed by atoms with Gasteiger partial charge in [0.25, 0.3) is 0 Å². The topological polar surface area (TPSA) is 47.3 Å². The fraction of sp³-hybridized carbons (Fsp3) is 0.188. The van der Waals surface area contributed by atoms with Crippen molar-refractivity contribution in [1.29, 1.82) is 5.26 Å². The molecule has 19 heavy (non-hydrogen) atoms. The summed E-state index contributed by atoms with van der Waals surface area (Å²) in [5.41, 5.74) is 3.92. The van der Waals surface area contributed by atoms with Gasteiger partial charge in [-0.1, -0.05) is 35.4 Å². The summed E-state index contributed by atoms with van der Waals surface area (Å²) in [6.07, 6.45) is 0. The molecule has 2 aromatic carbocycles. The van der Waals surface area contributed by atoms with Gasteiger partial charge in [-0.05, 0) is 38.1 Å². The van der Waals surface area contributed by atoms with E-state index in [1.165, 1.54) is 11.1 Å². The molecule has 3 nitrogen and oxygen atoms in total. The second-order valence-electron chi connectivity index (χ2n) is 4.34. The van der Waals surface area contributed by atoms with Gasteiger partial charge in [0, 0.05) is 7.05 Å². The Bertz CT molecular complexity index is 536. The standard InChI is InChI=1S/C8H11NO.C8H7N/c1-7-3-5-8(6-4-7)9(2)10;1-7-2-4-8(6-9)5-3-7/h3-6,10H,1-2H3;2-5H,1H3. The highest BCUT2D eigenvalue weighted by Crippen LogP contribution is 2.10. The maximum Gasteiger partial charge on any atom is 0.0991 e. The molecule has 0 spiro atoms. The zero-order chi connectivity index (χ0) is 14.3. The maximum absolute atomic E-state index is 8.95. The van der Waals surface area contributed by atoms with Crippen LogP contribution in [0.4, 0.5) is 5.69 Å². The summed E-state index contributed by atoms with van der Waals surface area (Å²) >= 11 is 0. The lowest BCUT2D eigenvalue weighted by molar-refractivity contribution is 0.279. The molecule has 0 amide bonds. The number of hydrogen-bond acceptors (Lipinski definition) is 3. The number of nitriles is 1. The molecule has 0 aromatic heterocycles. The van der Waals surface area contributed by atoms with Crippen LogP contribution in [-0.4, -0.2) is 12.3 Å². The summed E-state index contributed by atoms with van der Waals surface area (Å²) < 4.78 is 0. The third-order valence-corrected chi connectivity index (χ3v) is 2.59. The molecule has 0 unspecified atom stereocenters. The molecule has 0 aliphatic heterocycles. The average Bonchev–Trinajstić information content (AvgIpc) is 2.41. The van der Waals surface area contributed by atoms with E-state index in [1.807, 2.05) is 62.4 Å². The van der Waals surface area contributed by atoms with Crippen molar-refractivity contribution in [2.45, 2.75) is 13.8 Å². The van der Waals surface area contributed by atoms with Gasteiger partial charge in [-0.2, -0.15) is 5.26 Å².